The Labute approximate surface area is 212 Å². The first-order valence-electron chi connectivity index (χ1n) is 12.0. The highest BCUT2D eigenvalue weighted by molar-refractivity contribution is 6.16. The average molecular weight is 490 g/mol. The first kappa shape index (κ1) is 26.7. The number of Topliss-reactive ketones (excluding diaryl/α,β-unsaturated/α-hetero) is 1. The summed E-state index contributed by atoms with van der Waals surface area (Å²) in [7, 11) is 0. The number of rotatable bonds is 7. The average Bonchev–Trinajstić information content (AvgIpc) is 2.92. The smallest absolute Gasteiger partial charge is 0.321 e. The number of ketones is 1. The molecule has 0 fully saturated rings. The summed E-state index contributed by atoms with van der Waals surface area (Å²) in [5, 5.41) is 8.72. The van der Waals surface area contributed by atoms with Crippen LogP contribution in [0.15, 0.2) is 65.8 Å². The normalized spacial score (nSPS) is 16.6. The predicted molar refractivity (Wildman–Crippen MR) is 144 cm³/mol. The van der Waals surface area contributed by atoms with Gasteiger partial charge in [0.2, 0.25) is 6.17 Å². The Balaban J connectivity index is 2.02. The van der Waals surface area contributed by atoms with Crippen LogP contribution in [0.2, 0.25) is 0 Å². The van der Waals surface area contributed by atoms with Crippen LogP contribution in [-0.2, 0) is 9.59 Å². The van der Waals surface area contributed by atoms with Gasteiger partial charge in [0.1, 0.15) is 0 Å². The summed E-state index contributed by atoms with van der Waals surface area (Å²) in [4.78, 5) is 45.8. The highest BCUT2D eigenvalue weighted by Gasteiger charge is 2.36. The third-order valence-corrected chi connectivity index (χ3v) is 5.84. The van der Waals surface area contributed by atoms with Gasteiger partial charge in [-0.15, -0.1) is 0 Å². The summed E-state index contributed by atoms with van der Waals surface area (Å²) < 4.78 is 0. The van der Waals surface area contributed by atoms with Crippen molar-refractivity contribution in [1.82, 2.24) is 10.6 Å². The molecule has 3 rings (SSSR count). The van der Waals surface area contributed by atoms with Gasteiger partial charge in [0, 0.05) is 16.7 Å². The van der Waals surface area contributed by atoms with E-state index in [1.165, 1.54) is 4.90 Å². The second-order valence-electron chi connectivity index (χ2n) is 9.89. The topological polar surface area (TPSA) is 103 Å². The highest BCUT2D eigenvalue weighted by atomic mass is 16.2. The molecular weight excluding hydrogens is 454 g/mol. The summed E-state index contributed by atoms with van der Waals surface area (Å²) in [6, 6.07) is 13.9. The maximum absolute atomic E-state index is 13.8. The third kappa shape index (κ3) is 6.38. The predicted octanol–water partition coefficient (Wildman–Crippen LogP) is 4.41. The number of hydrogen-bond acceptors (Lipinski definition) is 5. The van der Waals surface area contributed by atoms with E-state index in [9.17, 15) is 14.4 Å². The lowest BCUT2D eigenvalue weighted by atomic mass is 9.90. The van der Waals surface area contributed by atoms with Gasteiger partial charge in [-0.05, 0) is 50.7 Å². The monoisotopic (exact) mass is 489 g/mol. The van der Waals surface area contributed by atoms with E-state index in [0.717, 1.165) is 11.1 Å². The van der Waals surface area contributed by atoms with Crippen molar-refractivity contribution in [2.24, 2.45) is 10.4 Å². The van der Waals surface area contributed by atoms with Crippen LogP contribution in [0.3, 0.4) is 0 Å². The lowest BCUT2D eigenvalue weighted by Crippen LogP contribution is -2.50. The minimum Gasteiger partial charge on any atom is -0.383 e. The van der Waals surface area contributed by atoms with Crippen LogP contribution in [0.1, 0.15) is 45.7 Å². The van der Waals surface area contributed by atoms with Gasteiger partial charge in [-0.2, -0.15) is 0 Å². The Morgan fingerprint density at radius 3 is 2.53 bits per heavy atom. The number of carbonyl (C=O) groups excluding carboxylic acids is 3. The van der Waals surface area contributed by atoms with Crippen LogP contribution in [0, 0.1) is 12.3 Å². The number of allylic oxidation sites excluding steroid dienone is 1. The number of para-hydroxylation sites is 1. The van der Waals surface area contributed by atoms with Crippen molar-refractivity contribution >= 4 is 34.8 Å². The van der Waals surface area contributed by atoms with Crippen molar-refractivity contribution in [3.05, 3.63) is 71.9 Å². The van der Waals surface area contributed by atoms with E-state index in [0.29, 0.717) is 17.1 Å². The number of hydrogen-bond donors (Lipinski definition) is 3. The molecule has 3 amide bonds. The molecule has 0 bridgehead atoms. The maximum atomic E-state index is 13.8. The lowest BCUT2D eigenvalue weighted by molar-refractivity contribution is -0.127. The largest absolute Gasteiger partial charge is 0.383 e. The molecule has 0 aliphatic carbocycles. The summed E-state index contributed by atoms with van der Waals surface area (Å²) in [5.41, 5.74) is 2.85. The minimum absolute atomic E-state index is 0.0999. The molecule has 0 saturated carbocycles. The van der Waals surface area contributed by atoms with E-state index >= 15 is 0 Å². The zero-order valence-electron chi connectivity index (χ0n) is 21.8. The molecule has 0 spiro atoms. The molecule has 2 aromatic carbocycles. The number of anilines is 2. The van der Waals surface area contributed by atoms with Gasteiger partial charge in [0.05, 0.1) is 24.0 Å². The van der Waals surface area contributed by atoms with Crippen molar-refractivity contribution in [1.29, 1.82) is 0 Å². The number of carbonyl (C=O) groups is 3. The zero-order valence-corrected chi connectivity index (χ0v) is 21.8. The first-order valence-corrected chi connectivity index (χ1v) is 12.0. The fourth-order valence-corrected chi connectivity index (χ4v) is 3.77. The Kier molecular flexibility index (Phi) is 8.29. The van der Waals surface area contributed by atoms with Gasteiger partial charge in [-0.3, -0.25) is 14.6 Å². The van der Waals surface area contributed by atoms with Crippen LogP contribution in [-0.4, -0.2) is 42.2 Å². The molecule has 1 heterocycles. The fourth-order valence-electron chi connectivity index (χ4n) is 3.77. The van der Waals surface area contributed by atoms with Crippen molar-refractivity contribution in [2.75, 3.05) is 16.8 Å². The molecule has 0 saturated heterocycles. The van der Waals surface area contributed by atoms with Crippen molar-refractivity contribution < 1.29 is 14.4 Å². The lowest BCUT2D eigenvalue weighted by Gasteiger charge is -2.28. The first-order chi connectivity index (χ1) is 17.0. The number of benzene rings is 2. The molecule has 0 aromatic heterocycles. The standard InChI is InChI=1S/C28H35N5O3/c1-7-15-29-19(3)24-21-13-8-9-14-22(21)33(17-23(34)28(4,5)6)26(35)25(31-24)32-27(36)30-20-12-10-11-18(2)16-20/h7-16,19,25,29H,17H2,1-6H3,(H2,30,32,36)/b15-7-. The Morgan fingerprint density at radius 1 is 1.14 bits per heavy atom. The van der Waals surface area contributed by atoms with Crippen LogP contribution < -0.4 is 20.9 Å². The van der Waals surface area contributed by atoms with Crippen molar-refractivity contribution in [3.8, 4) is 0 Å². The van der Waals surface area contributed by atoms with E-state index in [-0.39, 0.29) is 18.4 Å². The molecular formula is C28H35N5O3. The zero-order chi connectivity index (χ0) is 26.5. The summed E-state index contributed by atoms with van der Waals surface area (Å²) in [6.45, 7) is 11.1. The van der Waals surface area contributed by atoms with Crippen LogP contribution in [0.5, 0.6) is 0 Å². The van der Waals surface area contributed by atoms with E-state index in [1.807, 2.05) is 84.0 Å². The molecule has 0 radical (unpaired) electrons. The van der Waals surface area contributed by atoms with E-state index < -0.39 is 23.5 Å². The molecule has 36 heavy (non-hydrogen) atoms. The van der Waals surface area contributed by atoms with Crippen molar-refractivity contribution in [3.63, 3.8) is 0 Å². The Hall–Kier alpha value is -3.94. The molecule has 2 atom stereocenters. The number of benzodiazepines with no additional fused rings is 1. The molecule has 8 nitrogen and oxygen atoms in total. The number of aliphatic imine (C=N–C) groups is 1. The van der Waals surface area contributed by atoms with Crippen LogP contribution in [0.4, 0.5) is 16.2 Å². The number of nitrogens with zero attached hydrogens (tertiary/aromatic N) is 2. The second-order valence-corrected chi connectivity index (χ2v) is 9.89. The van der Waals surface area contributed by atoms with Gasteiger partial charge in [-0.1, -0.05) is 57.2 Å². The van der Waals surface area contributed by atoms with Gasteiger partial charge in [0.25, 0.3) is 5.91 Å². The molecule has 2 aromatic rings. The van der Waals surface area contributed by atoms with Gasteiger partial charge in [-0.25, -0.2) is 4.79 Å². The minimum atomic E-state index is -1.22. The number of urea groups is 1. The number of amides is 3. The Bertz CT molecular complexity index is 1200. The molecule has 2 unspecified atom stereocenters. The van der Waals surface area contributed by atoms with E-state index in [2.05, 4.69) is 16.0 Å². The van der Waals surface area contributed by atoms with Gasteiger partial charge < -0.3 is 20.9 Å². The maximum Gasteiger partial charge on any atom is 0.321 e. The number of fused-ring (bicyclic) bond motifs is 1. The van der Waals surface area contributed by atoms with E-state index in [4.69, 9.17) is 4.99 Å². The summed E-state index contributed by atoms with van der Waals surface area (Å²) in [6.07, 6.45) is 2.44. The van der Waals surface area contributed by atoms with Crippen LogP contribution in [0.25, 0.3) is 0 Å². The second kappa shape index (κ2) is 11.2. The molecule has 8 heteroatoms. The third-order valence-electron chi connectivity index (χ3n) is 5.84. The SMILES string of the molecule is C/C=C\NC(C)C1=NC(NC(=O)Nc2cccc(C)c2)C(=O)N(CC(=O)C(C)(C)C)c2ccccc21. The van der Waals surface area contributed by atoms with Crippen LogP contribution >= 0.6 is 0 Å². The quantitative estimate of drug-likeness (QED) is 0.536. The Morgan fingerprint density at radius 2 is 1.86 bits per heavy atom. The highest BCUT2D eigenvalue weighted by Crippen LogP contribution is 2.28. The van der Waals surface area contributed by atoms with Crippen molar-refractivity contribution in [2.45, 2.75) is 53.8 Å². The van der Waals surface area contributed by atoms with Gasteiger partial charge >= 0.3 is 6.03 Å². The molecule has 1 aliphatic heterocycles. The van der Waals surface area contributed by atoms with Gasteiger partial charge in [0.15, 0.2) is 5.78 Å². The van der Waals surface area contributed by atoms with E-state index in [1.54, 1.807) is 18.3 Å². The fraction of sp³-hybridized carbons (Fsp3) is 0.357. The summed E-state index contributed by atoms with van der Waals surface area (Å²) >= 11 is 0. The molecule has 3 N–H and O–H groups in total. The number of nitrogens with one attached hydrogen (secondary N) is 3. The molecule has 190 valence electrons. The number of aryl methyl sites for hydroxylation is 1. The molecule has 1 aliphatic rings. The summed E-state index contributed by atoms with van der Waals surface area (Å²) in [5.74, 6) is -0.579.